The lowest BCUT2D eigenvalue weighted by molar-refractivity contribution is -0.162. The largest absolute Gasteiger partial charge is 0.455 e. The van der Waals surface area contributed by atoms with Crippen LogP contribution in [0.1, 0.15) is 64.0 Å². The molecule has 3 amide bonds. The number of aliphatic hydroxyl groups is 1. The summed E-state index contributed by atoms with van der Waals surface area (Å²) in [6.45, 7) is 11.7. The molecule has 3 saturated heterocycles. The number of amides is 3. The second-order valence-electron chi connectivity index (χ2n) is 12.2. The molecule has 4 rings (SSSR count). The Morgan fingerprint density at radius 2 is 1.98 bits per heavy atom. The van der Waals surface area contributed by atoms with Gasteiger partial charge in [0.25, 0.3) is 0 Å². The van der Waals surface area contributed by atoms with E-state index in [-0.39, 0.29) is 36.2 Å². The van der Waals surface area contributed by atoms with Crippen molar-refractivity contribution in [1.82, 2.24) is 15.1 Å². The minimum Gasteiger partial charge on any atom is -0.455 e. The summed E-state index contributed by atoms with van der Waals surface area (Å²) in [6, 6.07) is 7.57. The highest BCUT2D eigenvalue weighted by Crippen LogP contribution is 2.60. The third-order valence-corrected chi connectivity index (χ3v) is 9.96. The number of rotatable bonds is 17. The summed E-state index contributed by atoms with van der Waals surface area (Å²) < 4.78 is 12.8. The molecule has 2 bridgehead atoms. The van der Waals surface area contributed by atoms with E-state index >= 15 is 0 Å². The van der Waals surface area contributed by atoms with E-state index in [4.69, 9.17) is 9.47 Å². The Balaban J connectivity index is 1.65. The standard InChI is InChI=1S/C34H46BrN3O7/c1-5-8-13-18-37(17-7-3)32(42)30-34-21-24(35)29(45-34)26(27(34)31(41)38(30)19-20-39)33(43)44-28(23-14-11-10-12-15-23)22(4)36-25(40)16-9-6-2/h6-7,10-12,14-15,22,24,26-30,39H,2-3,5,8-9,13,16-21H2,1,4H3,(H,36,40)/t22-,24?,26-,27+,28-,29-,30-,34+/m1/s1. The number of alkyl halides is 1. The van der Waals surface area contributed by atoms with E-state index in [1.54, 1.807) is 24.0 Å². The summed E-state index contributed by atoms with van der Waals surface area (Å²) in [5, 5.41) is 12.9. The van der Waals surface area contributed by atoms with Gasteiger partial charge < -0.3 is 29.7 Å². The number of carbonyl (C=O) groups excluding carboxylic acids is 4. The lowest BCUT2D eigenvalue weighted by Gasteiger charge is -2.37. The van der Waals surface area contributed by atoms with Crippen LogP contribution in [0, 0.1) is 11.8 Å². The van der Waals surface area contributed by atoms with Crippen molar-refractivity contribution in [3.05, 3.63) is 61.2 Å². The molecule has 2 N–H and O–H groups in total. The van der Waals surface area contributed by atoms with Crippen LogP contribution in [0.15, 0.2) is 55.6 Å². The fraction of sp³-hybridized carbons (Fsp3) is 0.588. The second kappa shape index (κ2) is 15.5. The molecule has 10 nitrogen and oxygen atoms in total. The van der Waals surface area contributed by atoms with Crippen LogP contribution in [0.2, 0.25) is 0 Å². The Morgan fingerprint density at radius 1 is 1.24 bits per heavy atom. The normalized spacial score (nSPS) is 27.9. The van der Waals surface area contributed by atoms with E-state index in [2.05, 4.69) is 41.3 Å². The van der Waals surface area contributed by atoms with Gasteiger partial charge in [0.15, 0.2) is 0 Å². The molecule has 0 aromatic heterocycles. The number of hydrogen-bond acceptors (Lipinski definition) is 7. The van der Waals surface area contributed by atoms with E-state index in [1.807, 2.05) is 30.3 Å². The molecule has 45 heavy (non-hydrogen) atoms. The molecule has 3 fully saturated rings. The number of carbonyl (C=O) groups is 4. The van der Waals surface area contributed by atoms with Crippen LogP contribution < -0.4 is 5.32 Å². The molecule has 3 aliphatic heterocycles. The van der Waals surface area contributed by atoms with Crippen molar-refractivity contribution in [3.63, 3.8) is 0 Å². The number of β-amino-alcohol motifs (C(OH)–C–C–N with tert-alkyl or cyclic N) is 1. The van der Waals surface area contributed by atoms with Gasteiger partial charge in [0.05, 0.1) is 30.6 Å². The highest BCUT2D eigenvalue weighted by molar-refractivity contribution is 9.09. The lowest BCUT2D eigenvalue weighted by Crippen LogP contribution is -2.57. The average molecular weight is 689 g/mol. The first-order valence-corrected chi connectivity index (χ1v) is 16.8. The third kappa shape index (κ3) is 7.05. The molecule has 3 aliphatic rings. The highest BCUT2D eigenvalue weighted by Gasteiger charge is 2.77. The summed E-state index contributed by atoms with van der Waals surface area (Å²) in [5.74, 6) is -3.45. The number of unbranched alkanes of at least 4 members (excludes halogenated alkanes) is 2. The summed E-state index contributed by atoms with van der Waals surface area (Å²) in [4.78, 5) is 57.9. The molecule has 246 valence electrons. The maximum atomic E-state index is 14.2. The van der Waals surface area contributed by atoms with Crippen molar-refractivity contribution in [2.45, 2.75) is 87.1 Å². The Morgan fingerprint density at radius 3 is 2.62 bits per heavy atom. The zero-order valence-corrected chi connectivity index (χ0v) is 27.8. The Labute approximate surface area is 274 Å². The van der Waals surface area contributed by atoms with Gasteiger partial charge in [-0.2, -0.15) is 0 Å². The first-order valence-electron chi connectivity index (χ1n) is 15.9. The maximum Gasteiger partial charge on any atom is 0.313 e. The Bertz CT molecular complexity index is 1250. The fourth-order valence-corrected chi connectivity index (χ4v) is 8.08. The van der Waals surface area contributed by atoms with Crippen LogP contribution in [0.4, 0.5) is 0 Å². The summed E-state index contributed by atoms with van der Waals surface area (Å²) in [6.07, 6.45) is 5.66. The van der Waals surface area contributed by atoms with E-state index in [1.165, 1.54) is 4.90 Å². The van der Waals surface area contributed by atoms with Crippen molar-refractivity contribution in [3.8, 4) is 0 Å². The average Bonchev–Trinajstić information content (AvgIpc) is 3.62. The summed E-state index contributed by atoms with van der Waals surface area (Å²) in [7, 11) is 0. The van der Waals surface area contributed by atoms with Gasteiger partial charge in [-0.25, -0.2) is 0 Å². The van der Waals surface area contributed by atoms with E-state index < -0.39 is 53.6 Å². The molecule has 0 aliphatic carbocycles. The van der Waals surface area contributed by atoms with Crippen molar-refractivity contribution < 1.29 is 33.8 Å². The number of allylic oxidation sites excluding steroid dienone is 1. The molecule has 3 heterocycles. The number of benzene rings is 1. The fourth-order valence-electron chi connectivity index (χ4n) is 7.14. The van der Waals surface area contributed by atoms with Gasteiger partial charge in [-0.3, -0.25) is 19.2 Å². The zero-order valence-electron chi connectivity index (χ0n) is 26.2. The van der Waals surface area contributed by atoms with Gasteiger partial charge in [0, 0.05) is 30.9 Å². The molecule has 0 saturated carbocycles. The van der Waals surface area contributed by atoms with Crippen molar-refractivity contribution in [2.24, 2.45) is 11.8 Å². The van der Waals surface area contributed by atoms with Gasteiger partial charge in [0.1, 0.15) is 17.7 Å². The topological polar surface area (TPSA) is 125 Å². The molecular formula is C34H46BrN3O7. The molecule has 1 aromatic carbocycles. The number of aliphatic hydroxyl groups excluding tert-OH is 1. The first-order chi connectivity index (χ1) is 21.6. The number of fused-ring (bicyclic) bond motifs is 1. The van der Waals surface area contributed by atoms with Crippen LogP contribution >= 0.6 is 15.9 Å². The lowest BCUT2D eigenvalue weighted by atomic mass is 9.70. The van der Waals surface area contributed by atoms with Crippen molar-refractivity contribution in [2.75, 3.05) is 26.2 Å². The van der Waals surface area contributed by atoms with Crippen LogP contribution in [-0.2, 0) is 28.7 Å². The van der Waals surface area contributed by atoms with Crippen LogP contribution in [-0.4, -0.2) is 93.5 Å². The van der Waals surface area contributed by atoms with Crippen LogP contribution in [0.25, 0.3) is 0 Å². The Hall–Kier alpha value is -3.02. The third-order valence-electron chi connectivity index (χ3n) is 9.12. The molecule has 1 spiro atoms. The van der Waals surface area contributed by atoms with Gasteiger partial charge >= 0.3 is 5.97 Å². The van der Waals surface area contributed by atoms with E-state index in [0.717, 1.165) is 19.3 Å². The molecule has 1 unspecified atom stereocenters. The molecule has 11 heteroatoms. The number of halogens is 1. The number of ether oxygens (including phenoxy) is 2. The van der Waals surface area contributed by atoms with E-state index in [0.29, 0.717) is 31.5 Å². The van der Waals surface area contributed by atoms with E-state index in [9.17, 15) is 24.3 Å². The molecule has 0 radical (unpaired) electrons. The summed E-state index contributed by atoms with van der Waals surface area (Å²) >= 11 is 3.69. The zero-order chi connectivity index (χ0) is 32.7. The number of esters is 1. The maximum absolute atomic E-state index is 14.2. The minimum atomic E-state index is -1.26. The smallest absolute Gasteiger partial charge is 0.313 e. The van der Waals surface area contributed by atoms with Crippen LogP contribution in [0.5, 0.6) is 0 Å². The summed E-state index contributed by atoms with van der Waals surface area (Å²) in [5.41, 5.74) is -0.570. The van der Waals surface area contributed by atoms with Gasteiger partial charge in [-0.15, -0.1) is 13.2 Å². The first kappa shape index (κ1) is 34.8. The predicted octanol–water partition coefficient (Wildman–Crippen LogP) is 3.69. The molecule has 1 aromatic rings. The number of hydrogen-bond donors (Lipinski definition) is 2. The van der Waals surface area contributed by atoms with Crippen molar-refractivity contribution in [1.29, 1.82) is 0 Å². The van der Waals surface area contributed by atoms with Crippen LogP contribution in [0.3, 0.4) is 0 Å². The SMILES string of the molecule is C=CCCC(=O)N[C@H](C)[C@@H](OC(=O)[C@H]1[C@@H]2O[C@@]3(CC2Br)[C@@H]1C(=O)N(CCO)[C@@H]3C(=O)N(CC=C)CCCCC)c1ccccc1. The number of nitrogens with zero attached hydrogens (tertiary/aromatic N) is 2. The quantitative estimate of drug-likeness (QED) is 0.111. The van der Waals surface area contributed by atoms with Crippen molar-refractivity contribution >= 4 is 39.6 Å². The monoisotopic (exact) mass is 687 g/mol. The molecule has 8 atom stereocenters. The number of nitrogens with one attached hydrogen (secondary N) is 1. The second-order valence-corrected chi connectivity index (χ2v) is 13.3. The highest BCUT2D eigenvalue weighted by atomic mass is 79.9. The van der Waals surface area contributed by atoms with Gasteiger partial charge in [0.2, 0.25) is 17.7 Å². The number of likely N-dealkylation sites (tertiary alicyclic amines) is 1. The predicted molar refractivity (Wildman–Crippen MR) is 173 cm³/mol. The van der Waals surface area contributed by atoms with Gasteiger partial charge in [-0.05, 0) is 31.7 Å². The Kier molecular flexibility index (Phi) is 12.0. The molecular weight excluding hydrogens is 642 g/mol. The minimum absolute atomic E-state index is 0.0620. The van der Waals surface area contributed by atoms with Gasteiger partial charge in [-0.1, -0.05) is 78.2 Å².